The fraction of sp³-hybridized carbons (Fsp3) is 0. The van der Waals surface area contributed by atoms with E-state index in [4.69, 9.17) is 69.6 Å². The maximum absolute atomic E-state index is 11.4. The summed E-state index contributed by atoms with van der Waals surface area (Å²) in [5, 5.41) is 16.1. The van der Waals surface area contributed by atoms with Crippen LogP contribution >= 0.6 is 69.6 Å². The van der Waals surface area contributed by atoms with E-state index in [1.807, 2.05) is 0 Å². The quantitative estimate of drug-likeness (QED) is 0.449. The summed E-state index contributed by atoms with van der Waals surface area (Å²) in [4.78, 5) is 22.7. The third kappa shape index (κ3) is 2.48. The molecule has 0 unspecified atom stereocenters. The third-order valence-corrected chi connectivity index (χ3v) is 5.38. The molecule has 2 aromatic rings. The Balaban J connectivity index is 3.28. The molecular weight excluding hydrogens is 421 g/mol. The van der Waals surface area contributed by atoms with Gasteiger partial charge in [0.1, 0.15) is 0 Å². The Morgan fingerprint density at radius 1 is 0.545 bits per heavy atom. The molecule has 0 aliphatic carbocycles. The average Bonchev–Trinajstić information content (AvgIpc) is 2.41. The van der Waals surface area contributed by atoms with Gasteiger partial charge in [0.2, 0.25) is 0 Å². The lowest BCUT2D eigenvalue weighted by atomic mass is 10.0. The summed E-state index contributed by atoms with van der Waals surface area (Å²) in [6, 6.07) is 0. The normalized spacial score (nSPS) is 11.0. The fourth-order valence-electron chi connectivity index (χ4n) is 1.92. The molecule has 0 aliphatic heterocycles. The van der Waals surface area contributed by atoms with Crippen LogP contribution in [0.15, 0.2) is 0 Å². The second-order valence-corrected chi connectivity index (χ2v) is 6.26. The van der Waals surface area contributed by atoms with Crippen LogP contribution in [-0.4, -0.2) is 22.2 Å². The molecule has 0 saturated heterocycles. The van der Waals surface area contributed by atoms with Gasteiger partial charge in [-0.05, 0) is 0 Å². The molecule has 2 rings (SSSR count). The first-order valence-corrected chi connectivity index (χ1v) is 7.51. The SMILES string of the molecule is O=C(O)c1c(Cl)c(Cl)c2c(C(=O)O)c(Cl)c(Cl)c(Cl)c2c1Cl. The molecule has 0 aromatic heterocycles. The molecule has 0 fully saturated rings. The van der Waals surface area contributed by atoms with Gasteiger partial charge in [-0.3, -0.25) is 0 Å². The first kappa shape index (κ1) is 17.7. The van der Waals surface area contributed by atoms with Crippen LogP contribution in [0.25, 0.3) is 10.8 Å². The molecule has 0 saturated carbocycles. The van der Waals surface area contributed by atoms with Gasteiger partial charge in [0, 0.05) is 10.8 Å². The average molecular weight is 423 g/mol. The van der Waals surface area contributed by atoms with Crippen LogP contribution in [0.5, 0.6) is 0 Å². The number of carbonyl (C=O) groups is 2. The number of fused-ring (bicyclic) bond motifs is 1. The smallest absolute Gasteiger partial charge is 0.338 e. The van der Waals surface area contributed by atoms with Crippen molar-refractivity contribution in [2.75, 3.05) is 0 Å². The monoisotopic (exact) mass is 420 g/mol. The molecule has 0 spiro atoms. The van der Waals surface area contributed by atoms with Crippen LogP contribution in [0, 0.1) is 0 Å². The third-order valence-electron chi connectivity index (χ3n) is 2.82. The topological polar surface area (TPSA) is 74.6 Å². The number of carboxylic acids is 2. The molecule has 2 aromatic carbocycles. The lowest BCUT2D eigenvalue weighted by molar-refractivity contribution is 0.0688. The summed E-state index contributed by atoms with van der Waals surface area (Å²) in [5.41, 5.74) is -0.991. The molecular formula is C12H2Cl6O4. The minimum absolute atomic E-state index is 0.151. The standard InChI is InChI=1S/C12H2Cl6O4/c13-5-2-1(6(14)9(17)4(5)12(21)22)3(11(19)20)8(16)10(18)7(2)15/h(H,19,20)(H,21,22). The second-order valence-electron chi connectivity index (χ2n) is 3.99. The van der Waals surface area contributed by atoms with Gasteiger partial charge in [-0.1, -0.05) is 69.6 Å². The summed E-state index contributed by atoms with van der Waals surface area (Å²) in [6.07, 6.45) is 0. The number of aromatic carboxylic acids is 2. The van der Waals surface area contributed by atoms with E-state index < -0.39 is 28.1 Å². The van der Waals surface area contributed by atoms with Crippen molar-refractivity contribution in [3.8, 4) is 0 Å². The molecule has 0 radical (unpaired) electrons. The van der Waals surface area contributed by atoms with Gasteiger partial charge in [0.15, 0.2) is 0 Å². The van der Waals surface area contributed by atoms with Gasteiger partial charge < -0.3 is 10.2 Å². The van der Waals surface area contributed by atoms with Crippen molar-refractivity contribution in [1.29, 1.82) is 0 Å². The van der Waals surface area contributed by atoms with Crippen molar-refractivity contribution in [2.45, 2.75) is 0 Å². The predicted octanol–water partition coefficient (Wildman–Crippen LogP) is 6.16. The Labute approximate surface area is 153 Å². The molecule has 22 heavy (non-hydrogen) atoms. The van der Waals surface area contributed by atoms with Gasteiger partial charge in [0.25, 0.3) is 0 Å². The lowest BCUT2D eigenvalue weighted by Gasteiger charge is -2.15. The van der Waals surface area contributed by atoms with E-state index in [1.165, 1.54) is 0 Å². The van der Waals surface area contributed by atoms with Crippen LogP contribution < -0.4 is 0 Å². The van der Waals surface area contributed by atoms with E-state index in [9.17, 15) is 19.8 Å². The number of benzene rings is 2. The fourth-order valence-corrected chi connectivity index (χ4v) is 3.72. The van der Waals surface area contributed by atoms with Gasteiger partial charge in [0.05, 0.1) is 41.3 Å². The van der Waals surface area contributed by atoms with E-state index >= 15 is 0 Å². The van der Waals surface area contributed by atoms with Crippen LogP contribution in [0.2, 0.25) is 30.1 Å². The van der Waals surface area contributed by atoms with Gasteiger partial charge in [-0.25, -0.2) is 9.59 Å². The molecule has 0 aliphatic rings. The summed E-state index contributed by atoms with van der Waals surface area (Å²) < 4.78 is 0. The molecule has 0 atom stereocenters. The first-order valence-electron chi connectivity index (χ1n) is 5.24. The Bertz CT molecular complexity index is 861. The highest BCUT2D eigenvalue weighted by Gasteiger charge is 2.29. The van der Waals surface area contributed by atoms with Crippen LogP contribution in [0.4, 0.5) is 0 Å². The number of halogens is 6. The van der Waals surface area contributed by atoms with Crippen molar-refractivity contribution in [3.05, 3.63) is 41.3 Å². The molecule has 116 valence electrons. The highest BCUT2D eigenvalue weighted by atomic mass is 35.5. The molecule has 4 nitrogen and oxygen atoms in total. The van der Waals surface area contributed by atoms with Crippen LogP contribution in [-0.2, 0) is 0 Å². The zero-order chi connectivity index (χ0) is 16.9. The zero-order valence-corrected chi connectivity index (χ0v) is 14.5. The van der Waals surface area contributed by atoms with E-state index in [0.29, 0.717) is 0 Å². The summed E-state index contributed by atoms with van der Waals surface area (Å²) in [5.74, 6) is -2.91. The molecule has 0 heterocycles. The molecule has 10 heteroatoms. The van der Waals surface area contributed by atoms with Gasteiger partial charge >= 0.3 is 11.9 Å². The zero-order valence-electron chi connectivity index (χ0n) is 9.98. The van der Waals surface area contributed by atoms with Crippen molar-refractivity contribution in [2.24, 2.45) is 0 Å². The van der Waals surface area contributed by atoms with Crippen molar-refractivity contribution >= 4 is 92.3 Å². The molecule has 0 bridgehead atoms. The van der Waals surface area contributed by atoms with E-state index in [2.05, 4.69) is 0 Å². The van der Waals surface area contributed by atoms with Gasteiger partial charge in [-0.2, -0.15) is 0 Å². The Morgan fingerprint density at radius 3 is 1.41 bits per heavy atom. The van der Waals surface area contributed by atoms with Crippen molar-refractivity contribution in [3.63, 3.8) is 0 Å². The lowest BCUT2D eigenvalue weighted by Crippen LogP contribution is -2.05. The summed E-state index contributed by atoms with van der Waals surface area (Å²) in [7, 11) is 0. The summed E-state index contributed by atoms with van der Waals surface area (Å²) >= 11 is 35.7. The number of hydrogen-bond donors (Lipinski definition) is 2. The molecule has 0 amide bonds. The Morgan fingerprint density at radius 2 is 0.955 bits per heavy atom. The minimum atomic E-state index is -1.46. The number of hydrogen-bond acceptors (Lipinski definition) is 2. The largest absolute Gasteiger partial charge is 0.478 e. The molecule has 2 N–H and O–H groups in total. The summed E-state index contributed by atoms with van der Waals surface area (Å²) in [6.45, 7) is 0. The highest BCUT2D eigenvalue weighted by Crippen LogP contribution is 2.49. The van der Waals surface area contributed by atoms with E-state index in [1.54, 1.807) is 0 Å². The Hall–Kier alpha value is -0.620. The number of rotatable bonds is 2. The highest BCUT2D eigenvalue weighted by molar-refractivity contribution is 6.57. The van der Waals surface area contributed by atoms with Crippen molar-refractivity contribution in [1.82, 2.24) is 0 Å². The second kappa shape index (κ2) is 6.11. The Kier molecular flexibility index (Phi) is 4.93. The van der Waals surface area contributed by atoms with Crippen LogP contribution in [0.3, 0.4) is 0 Å². The first-order chi connectivity index (χ1) is 10.1. The van der Waals surface area contributed by atoms with E-state index in [0.717, 1.165) is 0 Å². The maximum atomic E-state index is 11.4. The number of carboxylic acid groups (broad SMARTS) is 2. The van der Waals surface area contributed by atoms with Gasteiger partial charge in [-0.15, -0.1) is 0 Å². The van der Waals surface area contributed by atoms with Crippen LogP contribution in [0.1, 0.15) is 20.7 Å². The van der Waals surface area contributed by atoms with E-state index in [-0.39, 0.29) is 35.9 Å². The minimum Gasteiger partial charge on any atom is -0.478 e. The predicted molar refractivity (Wildman–Crippen MR) is 87.9 cm³/mol. The maximum Gasteiger partial charge on any atom is 0.338 e. The van der Waals surface area contributed by atoms with Crippen molar-refractivity contribution < 1.29 is 19.8 Å².